The smallest absolute Gasteiger partial charge is 0.174 e. The molecular weight excluding hydrogens is 360 g/mol. The second-order valence-electron chi connectivity index (χ2n) is 6.33. The average molecular weight is 373 g/mol. The van der Waals surface area contributed by atoms with Gasteiger partial charge in [-0.2, -0.15) is 5.10 Å². The van der Waals surface area contributed by atoms with Gasteiger partial charge in [-0.05, 0) is 42.5 Å². The molecule has 0 radical (unpaired) electrons. The van der Waals surface area contributed by atoms with Gasteiger partial charge in [0.1, 0.15) is 22.8 Å². The highest BCUT2D eigenvalue weighted by molar-refractivity contribution is 5.94. The Morgan fingerprint density at radius 1 is 0.821 bits per heavy atom. The lowest BCUT2D eigenvalue weighted by molar-refractivity contribution is 0.440. The average Bonchev–Trinajstić information content (AvgIpc) is 3.35. The van der Waals surface area contributed by atoms with E-state index in [-0.39, 0.29) is 11.6 Å². The molecule has 0 saturated heterocycles. The van der Waals surface area contributed by atoms with Crippen molar-refractivity contribution < 1.29 is 13.3 Å². The van der Waals surface area contributed by atoms with E-state index in [9.17, 15) is 8.78 Å². The van der Waals surface area contributed by atoms with Crippen LogP contribution < -0.4 is 0 Å². The number of fused-ring (bicyclic) bond motifs is 1. The van der Waals surface area contributed by atoms with Crippen molar-refractivity contribution in [1.82, 2.24) is 14.9 Å². The van der Waals surface area contributed by atoms with Crippen LogP contribution in [0.2, 0.25) is 0 Å². The molecule has 0 atom stereocenters. The molecule has 28 heavy (non-hydrogen) atoms. The molecule has 6 heteroatoms. The zero-order chi connectivity index (χ0) is 19.1. The number of para-hydroxylation sites is 1. The number of hydrogen-bond acceptors (Lipinski definition) is 3. The predicted molar refractivity (Wildman–Crippen MR) is 102 cm³/mol. The Morgan fingerprint density at radius 3 is 2.57 bits per heavy atom. The lowest BCUT2D eigenvalue weighted by Crippen LogP contribution is -2.01. The van der Waals surface area contributed by atoms with Crippen molar-refractivity contribution in [3.63, 3.8) is 0 Å². The normalized spacial score (nSPS) is 11.2. The first-order valence-corrected chi connectivity index (χ1v) is 8.65. The number of halogens is 2. The van der Waals surface area contributed by atoms with Gasteiger partial charge < -0.3 is 4.52 Å². The van der Waals surface area contributed by atoms with Crippen molar-refractivity contribution in [3.05, 3.63) is 90.6 Å². The van der Waals surface area contributed by atoms with Crippen LogP contribution in [-0.4, -0.2) is 14.9 Å². The Morgan fingerprint density at radius 2 is 1.71 bits per heavy atom. The third-order valence-electron chi connectivity index (χ3n) is 4.58. The molecule has 0 aliphatic heterocycles. The molecule has 0 unspecified atom stereocenters. The molecule has 4 nitrogen and oxygen atoms in total. The van der Waals surface area contributed by atoms with Crippen LogP contribution in [0.25, 0.3) is 39.2 Å². The quantitative estimate of drug-likeness (QED) is 0.412. The van der Waals surface area contributed by atoms with Gasteiger partial charge in [0.15, 0.2) is 5.76 Å². The maximum absolute atomic E-state index is 14.3. The molecular formula is C22H13F2N3O. The number of aromatic nitrogens is 3. The summed E-state index contributed by atoms with van der Waals surface area (Å²) in [7, 11) is 0. The number of benzene rings is 3. The number of rotatable bonds is 3. The third-order valence-corrected chi connectivity index (χ3v) is 4.58. The lowest BCUT2D eigenvalue weighted by Gasteiger charge is -2.09. The second kappa shape index (κ2) is 6.42. The van der Waals surface area contributed by atoms with Gasteiger partial charge in [0, 0.05) is 11.1 Å². The van der Waals surface area contributed by atoms with E-state index in [0.717, 1.165) is 16.6 Å². The molecule has 0 bridgehead atoms. The summed E-state index contributed by atoms with van der Waals surface area (Å²) < 4.78 is 34.9. The molecule has 2 aromatic heterocycles. The SMILES string of the molecule is Fc1cccc(-c2onc3ccc(-c4ccnn4-c4ccccc4F)cc23)c1. The maximum atomic E-state index is 14.3. The van der Waals surface area contributed by atoms with Crippen LogP contribution in [0.5, 0.6) is 0 Å². The van der Waals surface area contributed by atoms with E-state index in [1.165, 1.54) is 18.2 Å². The minimum atomic E-state index is -0.362. The maximum Gasteiger partial charge on any atom is 0.174 e. The predicted octanol–water partition coefficient (Wildman–Crippen LogP) is 5.63. The molecule has 0 aliphatic rings. The molecule has 0 aliphatic carbocycles. The van der Waals surface area contributed by atoms with E-state index in [2.05, 4.69) is 10.3 Å². The Labute approximate surface area is 158 Å². The molecule has 0 amide bonds. The fraction of sp³-hybridized carbons (Fsp3) is 0. The Kier molecular flexibility index (Phi) is 3.76. The van der Waals surface area contributed by atoms with Gasteiger partial charge in [-0.25, -0.2) is 13.5 Å². The van der Waals surface area contributed by atoms with Crippen molar-refractivity contribution in [2.75, 3.05) is 0 Å². The van der Waals surface area contributed by atoms with Gasteiger partial charge in [0.25, 0.3) is 0 Å². The van der Waals surface area contributed by atoms with E-state index in [0.29, 0.717) is 22.5 Å². The van der Waals surface area contributed by atoms with Crippen LogP contribution in [0, 0.1) is 11.6 Å². The highest BCUT2D eigenvalue weighted by Gasteiger charge is 2.15. The third kappa shape index (κ3) is 2.66. The van der Waals surface area contributed by atoms with Crippen LogP contribution in [0.15, 0.2) is 83.5 Å². The minimum absolute atomic E-state index is 0.351. The summed E-state index contributed by atoms with van der Waals surface area (Å²) >= 11 is 0. The van der Waals surface area contributed by atoms with E-state index in [4.69, 9.17) is 4.52 Å². The summed E-state index contributed by atoms with van der Waals surface area (Å²) in [5, 5.41) is 9.07. The van der Waals surface area contributed by atoms with E-state index in [1.807, 2.05) is 24.3 Å². The molecule has 0 fully saturated rings. The van der Waals surface area contributed by atoms with Gasteiger partial charge in [-0.15, -0.1) is 0 Å². The van der Waals surface area contributed by atoms with Crippen LogP contribution in [0.1, 0.15) is 0 Å². The fourth-order valence-corrected chi connectivity index (χ4v) is 3.28. The summed E-state index contributed by atoms with van der Waals surface area (Å²) in [5.41, 5.74) is 3.15. The molecule has 3 aromatic carbocycles. The van der Waals surface area contributed by atoms with Crippen LogP contribution in [-0.2, 0) is 0 Å². The molecule has 0 saturated carbocycles. The Hall–Kier alpha value is -3.80. The van der Waals surface area contributed by atoms with Crippen molar-refractivity contribution in [2.45, 2.75) is 0 Å². The standard InChI is InChI=1S/C22H13F2N3O/c23-16-5-3-4-15(12-16)22-17-13-14(8-9-19(17)26-28-22)20-10-11-25-27(20)21-7-2-1-6-18(21)24/h1-13H. The molecule has 5 aromatic rings. The van der Waals surface area contributed by atoms with Crippen molar-refractivity contribution >= 4 is 10.9 Å². The number of hydrogen-bond donors (Lipinski definition) is 0. The van der Waals surface area contributed by atoms with Gasteiger partial charge in [0.2, 0.25) is 0 Å². The monoisotopic (exact) mass is 373 g/mol. The lowest BCUT2D eigenvalue weighted by atomic mass is 10.0. The zero-order valence-corrected chi connectivity index (χ0v) is 14.5. The topological polar surface area (TPSA) is 43.9 Å². The molecule has 2 heterocycles. The van der Waals surface area contributed by atoms with Crippen LogP contribution in [0.4, 0.5) is 8.78 Å². The summed E-state index contributed by atoms with van der Waals surface area (Å²) in [6.07, 6.45) is 1.62. The minimum Gasteiger partial charge on any atom is -0.355 e. The summed E-state index contributed by atoms with van der Waals surface area (Å²) in [6, 6.07) is 20.0. The van der Waals surface area contributed by atoms with Crippen LogP contribution in [0.3, 0.4) is 0 Å². The Balaban J connectivity index is 1.67. The first-order valence-electron chi connectivity index (χ1n) is 8.65. The van der Waals surface area contributed by atoms with Gasteiger partial charge in [-0.3, -0.25) is 0 Å². The number of nitrogens with zero attached hydrogens (tertiary/aromatic N) is 3. The first-order chi connectivity index (χ1) is 13.7. The van der Waals surface area contributed by atoms with Gasteiger partial charge in [-0.1, -0.05) is 35.5 Å². The largest absolute Gasteiger partial charge is 0.355 e. The fourth-order valence-electron chi connectivity index (χ4n) is 3.28. The van der Waals surface area contributed by atoms with E-state index >= 15 is 0 Å². The summed E-state index contributed by atoms with van der Waals surface area (Å²) in [4.78, 5) is 0. The van der Waals surface area contributed by atoms with E-state index < -0.39 is 0 Å². The summed E-state index contributed by atoms with van der Waals surface area (Å²) in [6.45, 7) is 0. The summed E-state index contributed by atoms with van der Waals surface area (Å²) in [5.74, 6) is -0.233. The highest BCUT2D eigenvalue weighted by Crippen LogP contribution is 2.33. The highest BCUT2D eigenvalue weighted by atomic mass is 19.1. The van der Waals surface area contributed by atoms with Crippen molar-refractivity contribution in [1.29, 1.82) is 0 Å². The molecule has 0 spiro atoms. The molecule has 0 N–H and O–H groups in total. The first kappa shape index (κ1) is 16.4. The second-order valence-corrected chi connectivity index (χ2v) is 6.33. The van der Waals surface area contributed by atoms with Gasteiger partial charge in [0.05, 0.1) is 17.3 Å². The van der Waals surface area contributed by atoms with Gasteiger partial charge >= 0.3 is 0 Å². The zero-order valence-electron chi connectivity index (χ0n) is 14.5. The van der Waals surface area contributed by atoms with Crippen molar-refractivity contribution in [2.24, 2.45) is 0 Å². The van der Waals surface area contributed by atoms with E-state index in [1.54, 1.807) is 41.2 Å². The molecule has 136 valence electrons. The molecule has 5 rings (SSSR count). The van der Waals surface area contributed by atoms with Crippen LogP contribution >= 0.6 is 0 Å². The Bertz CT molecular complexity index is 1310. The van der Waals surface area contributed by atoms with Crippen molar-refractivity contribution in [3.8, 4) is 28.3 Å².